The van der Waals surface area contributed by atoms with Crippen molar-refractivity contribution >= 4 is 17.6 Å². The Bertz CT molecular complexity index is 1040. The second kappa shape index (κ2) is 10.2. The molecule has 1 atom stereocenters. The third-order valence-electron chi connectivity index (χ3n) is 6.63. The lowest BCUT2D eigenvalue weighted by atomic mass is 10.0. The van der Waals surface area contributed by atoms with Gasteiger partial charge in [-0.15, -0.1) is 0 Å². The predicted molar refractivity (Wildman–Crippen MR) is 124 cm³/mol. The number of fused-ring (bicyclic) bond motifs is 2. The number of amides is 1. The fourth-order valence-corrected chi connectivity index (χ4v) is 4.99. The van der Waals surface area contributed by atoms with Crippen LogP contribution in [0.25, 0.3) is 0 Å². The fourth-order valence-electron chi connectivity index (χ4n) is 4.99. The van der Waals surface area contributed by atoms with Crippen molar-refractivity contribution in [3.63, 3.8) is 0 Å². The van der Waals surface area contributed by atoms with Crippen LogP contribution in [0.4, 0.5) is 25.1 Å². The van der Waals surface area contributed by atoms with Gasteiger partial charge in [-0.25, -0.2) is 13.6 Å². The van der Waals surface area contributed by atoms with Crippen molar-refractivity contribution in [1.82, 2.24) is 19.7 Å². The maximum Gasteiger partial charge on any atom is 0.409 e. The molecule has 3 aliphatic heterocycles. The molecule has 3 aliphatic rings. The van der Waals surface area contributed by atoms with Gasteiger partial charge in [0.2, 0.25) is 0 Å². The number of alkyl halides is 2. The summed E-state index contributed by atoms with van der Waals surface area (Å²) in [5.41, 5.74) is 3.84. The minimum atomic E-state index is -2.59. The van der Waals surface area contributed by atoms with Crippen molar-refractivity contribution in [2.45, 2.75) is 65.5 Å². The molecule has 1 fully saturated rings. The number of rotatable bonds is 3. The summed E-state index contributed by atoms with van der Waals surface area (Å²) in [6.45, 7) is 8.50. The number of nitrogens with zero attached hydrogens (tertiary/aromatic N) is 5. The standard InChI is InChI=1S/C22H27F2N5O3.C2H6/c1-13-15(20(23)24)10-19-17(25-13)4-3-7-28(19)21-16-11-27(22(30)31-2)8-5-18(16)29(26-21)14-6-9-32-12-14;1-2/h10,14,20H,3-9,11-12H2,1-2H3;1-2H3. The van der Waals surface area contributed by atoms with Gasteiger partial charge < -0.3 is 19.3 Å². The molecule has 1 unspecified atom stereocenters. The van der Waals surface area contributed by atoms with Crippen LogP contribution in [0.2, 0.25) is 0 Å². The first-order valence-electron chi connectivity index (χ1n) is 12.0. The van der Waals surface area contributed by atoms with Crippen LogP contribution >= 0.6 is 0 Å². The largest absolute Gasteiger partial charge is 0.453 e. The molecule has 186 valence electrons. The van der Waals surface area contributed by atoms with Crippen LogP contribution in [-0.2, 0) is 28.9 Å². The molecule has 0 aromatic carbocycles. The quantitative estimate of drug-likeness (QED) is 0.637. The number of aromatic nitrogens is 3. The van der Waals surface area contributed by atoms with Gasteiger partial charge in [-0.05, 0) is 32.3 Å². The van der Waals surface area contributed by atoms with Crippen molar-refractivity contribution in [3.05, 3.63) is 34.3 Å². The number of pyridine rings is 1. The van der Waals surface area contributed by atoms with Crippen LogP contribution in [0.1, 0.15) is 67.4 Å². The molecule has 8 nitrogen and oxygen atoms in total. The Morgan fingerprint density at radius 2 is 2.06 bits per heavy atom. The summed E-state index contributed by atoms with van der Waals surface area (Å²) in [4.78, 5) is 20.4. The van der Waals surface area contributed by atoms with Gasteiger partial charge in [0.05, 0.1) is 37.7 Å². The van der Waals surface area contributed by atoms with Crippen LogP contribution in [0.5, 0.6) is 0 Å². The minimum Gasteiger partial charge on any atom is -0.453 e. The number of carbonyl (C=O) groups excluding carboxylic acids is 1. The molecule has 0 radical (unpaired) electrons. The molecule has 10 heteroatoms. The SMILES string of the molecule is CC.COC(=O)N1CCc2c(c(N3CCCc4nc(C)c(C(F)F)cc43)nn2C2CCOC2)C1. The van der Waals surface area contributed by atoms with Crippen molar-refractivity contribution < 1.29 is 23.0 Å². The highest BCUT2D eigenvalue weighted by Gasteiger charge is 2.35. The van der Waals surface area contributed by atoms with E-state index >= 15 is 0 Å². The number of hydrogen-bond acceptors (Lipinski definition) is 6. The lowest BCUT2D eigenvalue weighted by Gasteiger charge is -2.32. The summed E-state index contributed by atoms with van der Waals surface area (Å²) < 4.78 is 39.8. The van der Waals surface area contributed by atoms with Crippen molar-refractivity contribution in [3.8, 4) is 0 Å². The molecular formula is C24H33F2N5O3. The van der Waals surface area contributed by atoms with E-state index in [0.717, 1.165) is 36.2 Å². The number of ether oxygens (including phenoxy) is 2. The highest BCUT2D eigenvalue weighted by molar-refractivity contribution is 5.71. The van der Waals surface area contributed by atoms with Crippen LogP contribution in [0.15, 0.2) is 6.07 Å². The zero-order valence-electron chi connectivity index (χ0n) is 20.3. The van der Waals surface area contributed by atoms with Crippen LogP contribution in [0.3, 0.4) is 0 Å². The first kappa shape index (κ1) is 24.4. The number of anilines is 2. The first-order chi connectivity index (χ1) is 16.5. The molecule has 0 bridgehead atoms. The minimum absolute atomic E-state index is 0.0515. The summed E-state index contributed by atoms with van der Waals surface area (Å²) in [6, 6.07) is 1.70. The van der Waals surface area contributed by atoms with Crippen molar-refractivity contribution in [2.75, 3.05) is 38.3 Å². The summed E-state index contributed by atoms with van der Waals surface area (Å²) in [7, 11) is 1.37. The monoisotopic (exact) mass is 477 g/mol. The lowest BCUT2D eigenvalue weighted by Crippen LogP contribution is -2.37. The summed E-state index contributed by atoms with van der Waals surface area (Å²) in [5.74, 6) is 0.715. The van der Waals surface area contributed by atoms with Gasteiger partial charge in [-0.1, -0.05) is 13.8 Å². The molecule has 0 spiro atoms. The number of carbonyl (C=O) groups is 1. The highest BCUT2D eigenvalue weighted by Crippen LogP contribution is 2.40. The Kier molecular flexibility index (Phi) is 7.35. The number of hydrogen-bond donors (Lipinski definition) is 0. The van der Waals surface area contributed by atoms with Gasteiger partial charge in [0, 0.05) is 48.6 Å². The normalized spacial score (nSPS) is 19.4. The van der Waals surface area contributed by atoms with E-state index in [2.05, 4.69) is 4.98 Å². The molecule has 0 N–H and O–H groups in total. The van der Waals surface area contributed by atoms with E-state index in [1.165, 1.54) is 7.11 Å². The summed E-state index contributed by atoms with van der Waals surface area (Å²) in [6.07, 6.45) is 0.152. The zero-order chi connectivity index (χ0) is 24.4. The topological polar surface area (TPSA) is 72.7 Å². The van der Waals surface area contributed by atoms with Crippen LogP contribution in [-0.4, -0.2) is 59.2 Å². The fraction of sp³-hybridized carbons (Fsp3) is 0.625. The maximum absolute atomic E-state index is 13.6. The molecule has 2 aromatic heterocycles. The molecule has 1 saturated heterocycles. The van der Waals surface area contributed by atoms with Crippen LogP contribution in [0, 0.1) is 6.92 Å². The Labute approximate surface area is 198 Å². The number of halogens is 2. The molecule has 1 amide bonds. The first-order valence-corrected chi connectivity index (χ1v) is 12.0. The van der Waals surface area contributed by atoms with Crippen molar-refractivity contribution in [1.29, 1.82) is 0 Å². The average Bonchev–Trinajstić information content (AvgIpc) is 3.51. The molecule has 5 rings (SSSR count). The Balaban J connectivity index is 0.00000133. The number of aryl methyl sites for hydroxylation is 2. The zero-order valence-corrected chi connectivity index (χ0v) is 20.3. The second-order valence-electron chi connectivity index (χ2n) is 8.54. The van der Waals surface area contributed by atoms with E-state index < -0.39 is 6.43 Å². The van der Waals surface area contributed by atoms with Gasteiger partial charge in [0.15, 0.2) is 5.82 Å². The van der Waals surface area contributed by atoms with E-state index in [0.29, 0.717) is 56.5 Å². The molecule has 2 aromatic rings. The average molecular weight is 478 g/mol. The van der Waals surface area contributed by atoms with E-state index in [1.54, 1.807) is 17.9 Å². The predicted octanol–water partition coefficient (Wildman–Crippen LogP) is 4.72. The molecule has 34 heavy (non-hydrogen) atoms. The van der Waals surface area contributed by atoms with Gasteiger partial charge >= 0.3 is 6.09 Å². The lowest BCUT2D eigenvalue weighted by molar-refractivity contribution is 0.118. The maximum atomic E-state index is 13.6. The third kappa shape index (κ3) is 4.35. The Hall–Kier alpha value is -2.75. The number of methoxy groups -OCH3 is 1. The van der Waals surface area contributed by atoms with E-state index in [4.69, 9.17) is 14.6 Å². The van der Waals surface area contributed by atoms with Crippen molar-refractivity contribution in [2.24, 2.45) is 0 Å². The second-order valence-corrected chi connectivity index (χ2v) is 8.54. The Morgan fingerprint density at radius 1 is 1.26 bits per heavy atom. The van der Waals surface area contributed by atoms with E-state index in [-0.39, 0.29) is 17.7 Å². The molecular weight excluding hydrogens is 444 g/mol. The van der Waals surface area contributed by atoms with Gasteiger partial charge in [-0.3, -0.25) is 9.67 Å². The third-order valence-corrected chi connectivity index (χ3v) is 6.63. The van der Waals surface area contributed by atoms with E-state index in [9.17, 15) is 13.6 Å². The van der Waals surface area contributed by atoms with Gasteiger partial charge in [0.1, 0.15) is 0 Å². The van der Waals surface area contributed by atoms with Gasteiger partial charge in [0.25, 0.3) is 6.43 Å². The van der Waals surface area contributed by atoms with Crippen LogP contribution < -0.4 is 4.90 Å². The molecule has 5 heterocycles. The smallest absolute Gasteiger partial charge is 0.409 e. The summed E-state index contributed by atoms with van der Waals surface area (Å²) in [5, 5.41) is 4.98. The Morgan fingerprint density at radius 3 is 2.74 bits per heavy atom. The van der Waals surface area contributed by atoms with E-state index in [1.807, 2.05) is 23.4 Å². The highest BCUT2D eigenvalue weighted by atomic mass is 19.3. The summed E-state index contributed by atoms with van der Waals surface area (Å²) >= 11 is 0. The molecule has 0 saturated carbocycles. The molecule has 0 aliphatic carbocycles. The van der Waals surface area contributed by atoms with Gasteiger partial charge in [-0.2, -0.15) is 5.10 Å².